The predicted molar refractivity (Wildman–Crippen MR) is 115 cm³/mol. The highest BCUT2D eigenvalue weighted by molar-refractivity contribution is 9.10. The minimum Gasteiger partial charge on any atom is -0.267 e. The van der Waals surface area contributed by atoms with Crippen molar-refractivity contribution in [2.24, 2.45) is 5.10 Å². The molecule has 1 amide bonds. The fraction of sp³-hybridized carbons (Fsp3) is 0.286. The number of thiophene rings is 1. The summed E-state index contributed by atoms with van der Waals surface area (Å²) >= 11 is 5.14. The van der Waals surface area contributed by atoms with Crippen LogP contribution in [-0.4, -0.2) is 16.6 Å². The first-order valence-electron chi connectivity index (χ1n) is 9.16. The van der Waals surface area contributed by atoms with Crippen LogP contribution in [0.2, 0.25) is 0 Å². The van der Waals surface area contributed by atoms with Crippen LogP contribution in [0.1, 0.15) is 59.5 Å². The molecule has 1 saturated carbocycles. The fourth-order valence-electron chi connectivity index (χ4n) is 3.09. The first kappa shape index (κ1) is 18.3. The molecular weight excluding hydrogens is 422 g/mol. The second kappa shape index (κ2) is 7.90. The van der Waals surface area contributed by atoms with Gasteiger partial charge in [-0.05, 0) is 55.0 Å². The van der Waals surface area contributed by atoms with Gasteiger partial charge in [0, 0.05) is 21.5 Å². The Labute approximate surface area is 170 Å². The van der Waals surface area contributed by atoms with Crippen molar-refractivity contribution < 1.29 is 4.79 Å². The van der Waals surface area contributed by atoms with Crippen LogP contribution in [0.4, 0.5) is 0 Å². The lowest BCUT2D eigenvalue weighted by atomic mass is 10.1. The first-order valence-corrected chi connectivity index (χ1v) is 10.8. The average Bonchev–Trinajstić information content (AvgIpc) is 3.38. The summed E-state index contributed by atoms with van der Waals surface area (Å²) in [4.78, 5) is 18.8. The van der Waals surface area contributed by atoms with Gasteiger partial charge in [0.15, 0.2) is 0 Å². The van der Waals surface area contributed by atoms with Crippen molar-refractivity contribution in [3.8, 4) is 0 Å². The number of hydrazone groups is 1. The van der Waals surface area contributed by atoms with E-state index in [4.69, 9.17) is 4.98 Å². The molecule has 1 N–H and O–H groups in total. The quantitative estimate of drug-likeness (QED) is 0.384. The molecule has 2 aromatic heterocycles. The van der Waals surface area contributed by atoms with E-state index in [1.54, 1.807) is 11.3 Å². The molecule has 3 aromatic rings. The van der Waals surface area contributed by atoms with Crippen LogP contribution in [-0.2, 0) is 0 Å². The van der Waals surface area contributed by atoms with E-state index >= 15 is 0 Å². The molecule has 0 saturated heterocycles. The van der Waals surface area contributed by atoms with Crippen LogP contribution in [0.3, 0.4) is 0 Å². The summed E-state index contributed by atoms with van der Waals surface area (Å²) in [6.07, 6.45) is 4.10. The van der Waals surface area contributed by atoms with Crippen LogP contribution < -0.4 is 5.43 Å². The third-order valence-electron chi connectivity index (χ3n) is 4.62. The van der Waals surface area contributed by atoms with Gasteiger partial charge in [0.2, 0.25) is 0 Å². The van der Waals surface area contributed by atoms with E-state index in [0.717, 1.165) is 57.3 Å². The fourth-order valence-corrected chi connectivity index (χ4v) is 4.19. The van der Waals surface area contributed by atoms with Gasteiger partial charge in [-0.2, -0.15) is 5.10 Å². The zero-order chi connectivity index (χ0) is 18.8. The Morgan fingerprint density at radius 3 is 2.89 bits per heavy atom. The Bertz CT molecular complexity index is 1010. The van der Waals surface area contributed by atoms with Crippen molar-refractivity contribution in [2.45, 2.75) is 38.5 Å². The Kier molecular flexibility index (Phi) is 5.36. The van der Waals surface area contributed by atoms with Gasteiger partial charge in [-0.1, -0.05) is 35.3 Å². The maximum absolute atomic E-state index is 13.0. The number of halogens is 1. The van der Waals surface area contributed by atoms with E-state index in [1.165, 1.54) is 0 Å². The summed E-state index contributed by atoms with van der Waals surface area (Å²) in [5.41, 5.74) is 6.19. The van der Waals surface area contributed by atoms with Gasteiger partial charge in [0.1, 0.15) is 0 Å². The maximum Gasteiger partial charge on any atom is 0.272 e. The molecule has 0 radical (unpaired) electrons. The maximum atomic E-state index is 13.0. The van der Waals surface area contributed by atoms with Crippen molar-refractivity contribution in [3.63, 3.8) is 0 Å². The molecule has 0 atom stereocenters. The minimum atomic E-state index is -0.187. The van der Waals surface area contributed by atoms with Crippen molar-refractivity contribution in [3.05, 3.63) is 62.4 Å². The van der Waals surface area contributed by atoms with Crippen molar-refractivity contribution in [2.75, 3.05) is 0 Å². The van der Waals surface area contributed by atoms with Crippen molar-refractivity contribution >= 4 is 49.8 Å². The Morgan fingerprint density at radius 2 is 2.19 bits per heavy atom. The second-order valence-electron chi connectivity index (χ2n) is 6.76. The molecule has 1 aromatic carbocycles. The molecule has 1 aliphatic rings. The van der Waals surface area contributed by atoms with Gasteiger partial charge in [-0.25, -0.2) is 5.43 Å². The monoisotopic (exact) mass is 441 g/mol. The van der Waals surface area contributed by atoms with Gasteiger partial charge < -0.3 is 0 Å². The Balaban J connectivity index is 1.69. The molecule has 2 heterocycles. The number of amides is 1. The van der Waals surface area contributed by atoms with Gasteiger partial charge in [0.25, 0.3) is 5.91 Å². The topological polar surface area (TPSA) is 54.4 Å². The minimum absolute atomic E-state index is 0.187. The van der Waals surface area contributed by atoms with Crippen LogP contribution in [0.15, 0.2) is 51.4 Å². The zero-order valence-corrected chi connectivity index (χ0v) is 17.4. The highest BCUT2D eigenvalue weighted by atomic mass is 79.9. The molecule has 0 spiro atoms. The number of nitrogens with zero attached hydrogens (tertiary/aromatic N) is 2. The van der Waals surface area contributed by atoms with Gasteiger partial charge in [-0.3, -0.25) is 9.78 Å². The molecular formula is C21H20BrN3OS. The number of rotatable bonds is 6. The number of benzene rings is 1. The zero-order valence-electron chi connectivity index (χ0n) is 15.0. The summed E-state index contributed by atoms with van der Waals surface area (Å²) in [6, 6.07) is 11.8. The van der Waals surface area contributed by atoms with Crippen LogP contribution in [0, 0.1) is 0 Å². The number of hydrogen-bond donors (Lipinski definition) is 1. The standard InChI is InChI=1S/C21H20BrN3OS/c1-2-4-18(20-5-3-10-27-20)24-25-21(26)16-12-19(13-6-7-13)23-17-9-8-14(22)11-15(16)17/h3,5,8-13H,2,4,6-7H2,1H3,(H,25,26)/b24-18-. The molecule has 1 fully saturated rings. The normalized spacial score (nSPS) is 14.5. The molecule has 4 nitrogen and oxygen atoms in total. The van der Waals surface area contributed by atoms with E-state index in [0.29, 0.717) is 11.5 Å². The number of carbonyl (C=O) groups excluding carboxylic acids is 1. The summed E-state index contributed by atoms with van der Waals surface area (Å²) in [5.74, 6) is 0.294. The SMILES string of the molecule is CCC/C(=N/NC(=O)c1cc(C2CC2)nc2ccc(Br)cc12)c1cccs1. The number of fused-ring (bicyclic) bond motifs is 1. The Hall–Kier alpha value is -2.05. The summed E-state index contributed by atoms with van der Waals surface area (Å²) in [7, 11) is 0. The third-order valence-corrected chi connectivity index (χ3v) is 6.03. The summed E-state index contributed by atoms with van der Waals surface area (Å²) in [6.45, 7) is 2.11. The van der Waals surface area contributed by atoms with Crippen LogP contribution in [0.25, 0.3) is 10.9 Å². The summed E-state index contributed by atoms with van der Waals surface area (Å²) < 4.78 is 0.929. The Morgan fingerprint density at radius 1 is 1.33 bits per heavy atom. The first-order chi connectivity index (χ1) is 13.2. The molecule has 0 aliphatic heterocycles. The largest absolute Gasteiger partial charge is 0.272 e. The number of hydrogen-bond acceptors (Lipinski definition) is 4. The smallest absolute Gasteiger partial charge is 0.267 e. The van der Waals surface area contributed by atoms with Gasteiger partial charge in [-0.15, -0.1) is 11.3 Å². The molecule has 27 heavy (non-hydrogen) atoms. The predicted octanol–water partition coefficient (Wildman–Crippen LogP) is 5.87. The van der Waals surface area contributed by atoms with E-state index in [2.05, 4.69) is 33.4 Å². The molecule has 0 bridgehead atoms. The number of aromatic nitrogens is 1. The third kappa shape index (κ3) is 4.12. The lowest BCUT2D eigenvalue weighted by Crippen LogP contribution is -2.20. The molecule has 0 unspecified atom stereocenters. The van der Waals surface area contributed by atoms with E-state index in [-0.39, 0.29) is 5.91 Å². The van der Waals surface area contributed by atoms with Gasteiger partial charge >= 0.3 is 0 Å². The molecule has 4 rings (SSSR count). The van der Waals surface area contributed by atoms with E-state index in [9.17, 15) is 4.79 Å². The molecule has 1 aliphatic carbocycles. The van der Waals surface area contributed by atoms with Crippen LogP contribution in [0.5, 0.6) is 0 Å². The average molecular weight is 442 g/mol. The van der Waals surface area contributed by atoms with Gasteiger partial charge in [0.05, 0.1) is 21.7 Å². The van der Waals surface area contributed by atoms with Crippen molar-refractivity contribution in [1.29, 1.82) is 0 Å². The lowest BCUT2D eigenvalue weighted by Gasteiger charge is -2.10. The molecule has 138 valence electrons. The van der Waals surface area contributed by atoms with Crippen molar-refractivity contribution in [1.82, 2.24) is 10.4 Å². The van der Waals surface area contributed by atoms with E-state index < -0.39 is 0 Å². The number of carbonyl (C=O) groups is 1. The summed E-state index contributed by atoms with van der Waals surface area (Å²) in [5, 5.41) is 7.32. The number of nitrogens with one attached hydrogen (secondary N) is 1. The van der Waals surface area contributed by atoms with Crippen LogP contribution >= 0.6 is 27.3 Å². The second-order valence-corrected chi connectivity index (χ2v) is 8.62. The highest BCUT2D eigenvalue weighted by Gasteiger charge is 2.27. The lowest BCUT2D eigenvalue weighted by molar-refractivity contribution is 0.0956. The molecule has 6 heteroatoms. The van der Waals surface area contributed by atoms with E-state index in [1.807, 2.05) is 41.8 Å². The number of pyridine rings is 1. The highest BCUT2D eigenvalue weighted by Crippen LogP contribution is 2.40.